The molecule has 0 heterocycles. The molecule has 0 saturated heterocycles. The lowest BCUT2D eigenvalue weighted by molar-refractivity contribution is 0.698. The quantitative estimate of drug-likeness (QED) is 0.292. The molecule has 0 bridgehead atoms. The third-order valence-corrected chi connectivity index (χ3v) is 3.78. The van der Waals surface area contributed by atoms with Gasteiger partial charge in [-0.25, -0.2) is 0 Å². The molecule has 0 aromatic heterocycles. The van der Waals surface area contributed by atoms with Crippen LogP contribution in [0, 0.1) is 29.6 Å². The minimum Gasteiger partial charge on any atom is -0.353 e. The summed E-state index contributed by atoms with van der Waals surface area (Å²) in [6.45, 7) is 5.45. The molecule has 0 amide bonds. The maximum Gasteiger partial charge on any atom is 0.126 e. The van der Waals surface area contributed by atoms with Crippen LogP contribution in [0.15, 0.2) is 35.3 Å². The molecular formula is C13H13BrClN3. The lowest BCUT2D eigenvalue weighted by Gasteiger charge is -2.17. The first kappa shape index (κ1) is 14.7. The van der Waals surface area contributed by atoms with E-state index in [0.717, 1.165) is 15.6 Å². The van der Waals surface area contributed by atoms with E-state index in [4.69, 9.17) is 22.3 Å². The van der Waals surface area contributed by atoms with Crippen molar-refractivity contribution in [2.24, 2.45) is 5.92 Å². The molecule has 0 radical (unpaired) electrons. The lowest BCUT2D eigenvalue weighted by Crippen LogP contribution is -2.35. The Hall–Kier alpha value is -1.31. The molecule has 0 spiro atoms. The van der Waals surface area contributed by atoms with Gasteiger partial charge in [-0.15, -0.1) is 6.58 Å². The fourth-order valence-electron chi connectivity index (χ4n) is 1.42. The summed E-state index contributed by atoms with van der Waals surface area (Å²) in [7, 11) is 0. The highest BCUT2D eigenvalue weighted by atomic mass is 79.9. The summed E-state index contributed by atoms with van der Waals surface area (Å²) in [5.74, 6) is -0.352. The molecule has 0 aliphatic carbocycles. The monoisotopic (exact) mass is 325 g/mol. The number of nitrogens with one attached hydrogen (secondary N) is 2. The zero-order valence-electron chi connectivity index (χ0n) is 9.87. The highest BCUT2D eigenvalue weighted by molar-refractivity contribution is 9.10. The average Bonchev–Trinajstić information content (AvgIpc) is 2.34. The Balaban J connectivity index is 2.87. The van der Waals surface area contributed by atoms with E-state index >= 15 is 0 Å². The van der Waals surface area contributed by atoms with Gasteiger partial charge in [0, 0.05) is 10.0 Å². The van der Waals surface area contributed by atoms with Crippen LogP contribution in [0.5, 0.6) is 0 Å². The Bertz CT molecular complexity index is 507. The molecule has 5 heteroatoms. The summed E-state index contributed by atoms with van der Waals surface area (Å²) in [6.07, 6.45) is 1.46. The van der Waals surface area contributed by atoms with Gasteiger partial charge in [-0.1, -0.05) is 45.7 Å². The SMILES string of the molecule is C=CC(C#N)C(Cl)NC(=N)c1cccc(Br)c1C. The van der Waals surface area contributed by atoms with Crippen LogP contribution < -0.4 is 5.32 Å². The summed E-state index contributed by atoms with van der Waals surface area (Å²) < 4.78 is 0.929. The van der Waals surface area contributed by atoms with Gasteiger partial charge in [0.15, 0.2) is 0 Å². The molecule has 0 aliphatic heterocycles. The first-order chi connectivity index (χ1) is 8.51. The molecule has 2 unspecified atom stereocenters. The fourth-order valence-corrected chi connectivity index (χ4v) is 2.06. The topological polar surface area (TPSA) is 59.7 Å². The Labute approximate surface area is 120 Å². The molecule has 2 N–H and O–H groups in total. The van der Waals surface area contributed by atoms with E-state index in [1.807, 2.05) is 31.2 Å². The lowest BCUT2D eigenvalue weighted by atomic mass is 10.1. The molecule has 0 aliphatic rings. The minimum atomic E-state index is -0.668. The summed E-state index contributed by atoms with van der Waals surface area (Å²) in [5, 5.41) is 19.6. The van der Waals surface area contributed by atoms with Crippen molar-refractivity contribution in [1.29, 1.82) is 10.7 Å². The van der Waals surface area contributed by atoms with Crippen molar-refractivity contribution in [1.82, 2.24) is 5.32 Å². The molecular weight excluding hydrogens is 314 g/mol. The zero-order valence-corrected chi connectivity index (χ0v) is 12.2. The van der Waals surface area contributed by atoms with Crippen LogP contribution in [0.2, 0.25) is 0 Å². The zero-order chi connectivity index (χ0) is 13.7. The number of alkyl halides is 1. The molecule has 2 atom stereocenters. The third-order valence-electron chi connectivity index (χ3n) is 2.54. The van der Waals surface area contributed by atoms with Crippen LogP contribution in [-0.4, -0.2) is 11.3 Å². The molecule has 0 saturated carbocycles. The van der Waals surface area contributed by atoms with Gasteiger partial charge in [-0.2, -0.15) is 5.26 Å². The Morgan fingerprint density at radius 1 is 1.67 bits per heavy atom. The average molecular weight is 327 g/mol. The van der Waals surface area contributed by atoms with Crippen LogP contribution in [0.1, 0.15) is 11.1 Å². The summed E-state index contributed by atoms with van der Waals surface area (Å²) >= 11 is 9.44. The van der Waals surface area contributed by atoms with E-state index in [9.17, 15) is 0 Å². The van der Waals surface area contributed by atoms with E-state index in [1.165, 1.54) is 6.08 Å². The number of halogens is 2. The number of amidine groups is 1. The van der Waals surface area contributed by atoms with Crippen molar-refractivity contribution >= 4 is 33.4 Å². The van der Waals surface area contributed by atoms with Crippen molar-refractivity contribution in [3.05, 3.63) is 46.5 Å². The van der Waals surface area contributed by atoms with Crippen molar-refractivity contribution in [2.75, 3.05) is 0 Å². The minimum absolute atomic E-state index is 0.191. The van der Waals surface area contributed by atoms with E-state index in [0.29, 0.717) is 0 Å². The Morgan fingerprint density at radius 3 is 2.89 bits per heavy atom. The van der Waals surface area contributed by atoms with Gasteiger partial charge in [0.05, 0.1) is 12.0 Å². The number of hydrogen-bond donors (Lipinski definition) is 2. The van der Waals surface area contributed by atoms with Crippen molar-refractivity contribution < 1.29 is 0 Å². The second kappa shape index (κ2) is 6.58. The summed E-state index contributed by atoms with van der Waals surface area (Å²) in [4.78, 5) is 0. The van der Waals surface area contributed by atoms with Crippen LogP contribution in [0.25, 0.3) is 0 Å². The number of benzene rings is 1. The third kappa shape index (κ3) is 3.34. The van der Waals surface area contributed by atoms with Crippen LogP contribution in [-0.2, 0) is 0 Å². The van der Waals surface area contributed by atoms with Gasteiger partial charge in [0.25, 0.3) is 0 Å². The highest BCUT2D eigenvalue weighted by Crippen LogP contribution is 2.20. The molecule has 1 aromatic carbocycles. The predicted octanol–water partition coefficient (Wildman–Crippen LogP) is 3.56. The maximum absolute atomic E-state index is 8.85. The number of rotatable bonds is 4. The predicted molar refractivity (Wildman–Crippen MR) is 77.8 cm³/mol. The largest absolute Gasteiger partial charge is 0.353 e. The van der Waals surface area contributed by atoms with Crippen LogP contribution in [0.4, 0.5) is 0 Å². The molecule has 1 aromatic rings. The van der Waals surface area contributed by atoms with Gasteiger partial charge in [0.2, 0.25) is 0 Å². The second-order valence-electron chi connectivity index (χ2n) is 3.72. The first-order valence-electron chi connectivity index (χ1n) is 5.28. The van der Waals surface area contributed by atoms with E-state index in [1.54, 1.807) is 0 Å². The maximum atomic E-state index is 8.85. The molecule has 0 fully saturated rings. The standard InChI is InChI=1S/C13H13BrClN3/c1-3-9(7-16)12(15)18-13(17)10-5-4-6-11(14)8(10)2/h3-6,9,12H,1H2,2H3,(H2,17,18). The van der Waals surface area contributed by atoms with Crippen LogP contribution in [0.3, 0.4) is 0 Å². The Morgan fingerprint density at radius 2 is 2.33 bits per heavy atom. The number of nitriles is 1. The van der Waals surface area contributed by atoms with Gasteiger partial charge in [0.1, 0.15) is 11.3 Å². The van der Waals surface area contributed by atoms with E-state index in [-0.39, 0.29) is 5.84 Å². The normalized spacial score (nSPS) is 13.2. The number of hydrogen-bond acceptors (Lipinski definition) is 2. The fraction of sp³-hybridized carbons (Fsp3) is 0.231. The second-order valence-corrected chi connectivity index (χ2v) is 5.05. The van der Waals surface area contributed by atoms with E-state index in [2.05, 4.69) is 27.8 Å². The van der Waals surface area contributed by atoms with Gasteiger partial charge >= 0.3 is 0 Å². The highest BCUT2D eigenvalue weighted by Gasteiger charge is 2.17. The van der Waals surface area contributed by atoms with Gasteiger partial charge in [-0.3, -0.25) is 5.41 Å². The molecule has 3 nitrogen and oxygen atoms in total. The summed E-state index contributed by atoms with van der Waals surface area (Å²) in [6, 6.07) is 7.60. The molecule has 1 rings (SSSR count). The van der Waals surface area contributed by atoms with Crippen molar-refractivity contribution in [3.63, 3.8) is 0 Å². The van der Waals surface area contributed by atoms with Crippen molar-refractivity contribution in [3.8, 4) is 6.07 Å². The smallest absolute Gasteiger partial charge is 0.126 e. The van der Waals surface area contributed by atoms with Gasteiger partial charge < -0.3 is 5.32 Å². The summed E-state index contributed by atoms with van der Waals surface area (Å²) in [5.41, 5.74) is 1.03. The molecule has 94 valence electrons. The molecule has 18 heavy (non-hydrogen) atoms. The van der Waals surface area contributed by atoms with Gasteiger partial charge in [-0.05, 0) is 18.6 Å². The Kier molecular flexibility index (Phi) is 5.39. The van der Waals surface area contributed by atoms with E-state index < -0.39 is 11.4 Å². The first-order valence-corrected chi connectivity index (χ1v) is 6.51. The van der Waals surface area contributed by atoms with Crippen LogP contribution >= 0.6 is 27.5 Å². The number of nitrogens with zero attached hydrogens (tertiary/aromatic N) is 1. The van der Waals surface area contributed by atoms with Crippen molar-refractivity contribution in [2.45, 2.75) is 12.4 Å².